The van der Waals surface area contributed by atoms with Crippen molar-refractivity contribution in [1.82, 2.24) is 9.97 Å². The van der Waals surface area contributed by atoms with Gasteiger partial charge in [0.05, 0.1) is 11.4 Å². The van der Waals surface area contributed by atoms with E-state index < -0.39 is 0 Å². The van der Waals surface area contributed by atoms with Crippen molar-refractivity contribution < 1.29 is 4.42 Å². The monoisotopic (exact) mass is 590 g/mol. The van der Waals surface area contributed by atoms with Gasteiger partial charge in [0.15, 0.2) is 5.82 Å². The Morgan fingerprint density at radius 2 is 1.09 bits per heavy atom. The molecule has 8 aromatic rings. The molecule has 1 aliphatic carbocycles. The number of hydrogen-bond acceptors (Lipinski definition) is 3. The minimum absolute atomic E-state index is 0.192. The van der Waals surface area contributed by atoms with Gasteiger partial charge in [0, 0.05) is 32.9 Å². The highest BCUT2D eigenvalue weighted by Crippen LogP contribution is 2.53. The van der Waals surface area contributed by atoms with Crippen molar-refractivity contribution in [3.63, 3.8) is 0 Å². The number of nitrogens with zero attached hydrogens (tertiary/aromatic N) is 2. The summed E-state index contributed by atoms with van der Waals surface area (Å²) in [5, 5.41) is 2.40. The molecule has 2 aromatic heterocycles. The summed E-state index contributed by atoms with van der Waals surface area (Å²) in [5.41, 5.74) is 14.2. The zero-order valence-electron chi connectivity index (χ0n) is 25.7. The van der Waals surface area contributed by atoms with Crippen molar-refractivity contribution >= 4 is 21.9 Å². The van der Waals surface area contributed by atoms with E-state index in [0.29, 0.717) is 5.82 Å². The Morgan fingerprint density at radius 3 is 1.83 bits per heavy atom. The van der Waals surface area contributed by atoms with Crippen LogP contribution < -0.4 is 0 Å². The summed E-state index contributed by atoms with van der Waals surface area (Å²) < 4.78 is 6.28. The molecule has 6 aromatic carbocycles. The van der Waals surface area contributed by atoms with Gasteiger partial charge in [-0.2, -0.15) is 0 Å². The van der Waals surface area contributed by atoms with Crippen molar-refractivity contribution in [2.24, 2.45) is 0 Å². The van der Waals surface area contributed by atoms with Crippen LogP contribution in [0.15, 0.2) is 150 Å². The topological polar surface area (TPSA) is 38.9 Å². The van der Waals surface area contributed by atoms with Gasteiger partial charge in [-0.25, -0.2) is 9.97 Å². The molecule has 0 fully saturated rings. The number of rotatable bonds is 4. The van der Waals surface area contributed by atoms with Crippen molar-refractivity contribution in [2.75, 3.05) is 0 Å². The number of fused-ring (bicyclic) bond motifs is 7. The van der Waals surface area contributed by atoms with Crippen LogP contribution in [-0.2, 0) is 5.41 Å². The molecule has 0 amide bonds. The Kier molecular flexibility index (Phi) is 5.85. The number of aromatic nitrogens is 2. The standard InChI is InChI=1S/C43H30N2O/c1-43(2)35-25-30(20-21-32(35)33-22-23-39-40(41(33)43)34-18-9-10-19-38(34)46-39)29-16-11-17-31(24-29)42-44-36(27-12-5-3-6-13-27)26-37(45-42)28-14-7-4-8-15-28/h3-26H,1-2H3. The van der Waals surface area contributed by atoms with Crippen LogP contribution >= 0.6 is 0 Å². The highest BCUT2D eigenvalue weighted by atomic mass is 16.3. The van der Waals surface area contributed by atoms with Crippen LogP contribution in [0.1, 0.15) is 25.0 Å². The highest BCUT2D eigenvalue weighted by molar-refractivity contribution is 6.11. The fourth-order valence-corrected chi connectivity index (χ4v) is 7.23. The maximum atomic E-state index is 6.28. The Hall–Kier alpha value is -5.80. The van der Waals surface area contributed by atoms with E-state index in [0.717, 1.165) is 44.8 Å². The van der Waals surface area contributed by atoms with Gasteiger partial charge in [-0.1, -0.05) is 129 Å². The van der Waals surface area contributed by atoms with Gasteiger partial charge in [-0.3, -0.25) is 0 Å². The normalized spacial score (nSPS) is 13.2. The quantitative estimate of drug-likeness (QED) is 0.205. The third-order valence-electron chi connectivity index (χ3n) is 9.47. The summed E-state index contributed by atoms with van der Waals surface area (Å²) in [6.45, 7) is 4.68. The molecule has 0 aliphatic heterocycles. The molecule has 0 saturated carbocycles. The summed E-state index contributed by atoms with van der Waals surface area (Å²) in [4.78, 5) is 10.1. The van der Waals surface area contributed by atoms with Crippen molar-refractivity contribution in [2.45, 2.75) is 19.3 Å². The third-order valence-corrected chi connectivity index (χ3v) is 9.47. The SMILES string of the molecule is CC1(C)c2cc(-c3cccc(-c4nc(-c5ccccc5)cc(-c5ccccc5)n4)c3)ccc2-c2ccc3oc4ccccc4c3c21. The molecular formula is C43H30N2O. The molecule has 0 unspecified atom stereocenters. The first-order valence-electron chi connectivity index (χ1n) is 15.7. The van der Waals surface area contributed by atoms with Gasteiger partial charge < -0.3 is 4.42 Å². The smallest absolute Gasteiger partial charge is 0.160 e. The summed E-state index contributed by atoms with van der Waals surface area (Å²) in [6.07, 6.45) is 0. The lowest BCUT2D eigenvalue weighted by Crippen LogP contribution is -2.15. The zero-order valence-corrected chi connectivity index (χ0v) is 25.7. The molecule has 9 rings (SSSR count). The molecule has 0 N–H and O–H groups in total. The van der Waals surface area contributed by atoms with Crippen LogP contribution in [0, 0.1) is 0 Å². The maximum absolute atomic E-state index is 6.28. The number of hydrogen-bond donors (Lipinski definition) is 0. The minimum Gasteiger partial charge on any atom is -0.456 e. The highest BCUT2D eigenvalue weighted by Gasteiger charge is 2.38. The zero-order chi connectivity index (χ0) is 30.8. The molecule has 3 heteroatoms. The van der Waals surface area contributed by atoms with E-state index in [1.165, 1.54) is 38.6 Å². The van der Waals surface area contributed by atoms with Gasteiger partial charge in [0.25, 0.3) is 0 Å². The number of benzene rings is 6. The van der Waals surface area contributed by atoms with E-state index in [9.17, 15) is 0 Å². The van der Waals surface area contributed by atoms with Crippen LogP contribution in [-0.4, -0.2) is 9.97 Å². The molecule has 1 aliphatic rings. The van der Waals surface area contributed by atoms with E-state index in [-0.39, 0.29) is 5.41 Å². The van der Waals surface area contributed by atoms with Gasteiger partial charge in [0.1, 0.15) is 11.2 Å². The molecule has 0 saturated heterocycles. The Bertz CT molecular complexity index is 2380. The van der Waals surface area contributed by atoms with E-state index in [1.54, 1.807) is 0 Å². The Morgan fingerprint density at radius 1 is 0.478 bits per heavy atom. The lowest BCUT2D eigenvalue weighted by molar-refractivity contribution is 0.657. The van der Waals surface area contributed by atoms with Gasteiger partial charge >= 0.3 is 0 Å². The van der Waals surface area contributed by atoms with E-state index >= 15 is 0 Å². The largest absolute Gasteiger partial charge is 0.456 e. The summed E-state index contributed by atoms with van der Waals surface area (Å²) in [5.74, 6) is 0.713. The molecule has 46 heavy (non-hydrogen) atoms. The average molecular weight is 591 g/mol. The van der Waals surface area contributed by atoms with Gasteiger partial charge in [0.2, 0.25) is 0 Å². The average Bonchev–Trinajstić information content (AvgIpc) is 3.60. The lowest BCUT2D eigenvalue weighted by Gasteiger charge is -2.23. The minimum atomic E-state index is -0.192. The van der Waals surface area contributed by atoms with Crippen LogP contribution in [0.4, 0.5) is 0 Å². The first-order valence-corrected chi connectivity index (χ1v) is 15.7. The van der Waals surface area contributed by atoms with Crippen LogP contribution in [0.2, 0.25) is 0 Å². The molecule has 218 valence electrons. The molecule has 0 radical (unpaired) electrons. The van der Waals surface area contributed by atoms with E-state index in [4.69, 9.17) is 14.4 Å². The second-order valence-corrected chi connectivity index (χ2v) is 12.6. The molecule has 0 atom stereocenters. The second kappa shape index (κ2) is 10.1. The fourth-order valence-electron chi connectivity index (χ4n) is 7.23. The fraction of sp³-hybridized carbons (Fsp3) is 0.0698. The summed E-state index contributed by atoms with van der Waals surface area (Å²) in [7, 11) is 0. The van der Waals surface area contributed by atoms with Gasteiger partial charge in [-0.05, 0) is 63.7 Å². The third kappa shape index (κ3) is 4.13. The lowest BCUT2D eigenvalue weighted by atomic mass is 9.80. The van der Waals surface area contributed by atoms with Crippen LogP contribution in [0.5, 0.6) is 0 Å². The summed E-state index contributed by atoms with van der Waals surface area (Å²) in [6, 6.07) is 51.0. The van der Waals surface area contributed by atoms with Crippen LogP contribution in [0.3, 0.4) is 0 Å². The van der Waals surface area contributed by atoms with E-state index in [2.05, 4.69) is 117 Å². The molecule has 3 nitrogen and oxygen atoms in total. The first kappa shape index (κ1) is 26.6. The van der Waals surface area contributed by atoms with Crippen molar-refractivity contribution in [3.05, 3.63) is 157 Å². The predicted molar refractivity (Wildman–Crippen MR) is 189 cm³/mol. The maximum Gasteiger partial charge on any atom is 0.160 e. The molecule has 0 spiro atoms. The first-order chi connectivity index (χ1) is 22.5. The van der Waals surface area contributed by atoms with Crippen molar-refractivity contribution in [1.29, 1.82) is 0 Å². The van der Waals surface area contributed by atoms with Crippen molar-refractivity contribution in [3.8, 4) is 56.2 Å². The van der Waals surface area contributed by atoms with Crippen LogP contribution in [0.25, 0.3) is 78.1 Å². The van der Waals surface area contributed by atoms with E-state index in [1.807, 2.05) is 42.5 Å². The second-order valence-electron chi connectivity index (χ2n) is 12.6. The molecular weight excluding hydrogens is 560 g/mol. The summed E-state index contributed by atoms with van der Waals surface area (Å²) >= 11 is 0. The van der Waals surface area contributed by atoms with Gasteiger partial charge in [-0.15, -0.1) is 0 Å². The molecule has 2 heterocycles. The number of furan rings is 1. The molecule has 0 bridgehead atoms. The Balaban J connectivity index is 1.16. The Labute approximate surface area is 267 Å². The predicted octanol–water partition coefficient (Wildman–Crippen LogP) is 11.4. The number of para-hydroxylation sites is 1.